The van der Waals surface area contributed by atoms with Crippen LogP contribution in [0.1, 0.15) is 27.7 Å². The van der Waals surface area contributed by atoms with Crippen LogP contribution in [0.25, 0.3) is 0 Å². The Hall–Kier alpha value is -0.0631. The third kappa shape index (κ3) is 8.54. The van der Waals surface area contributed by atoms with E-state index in [1.165, 1.54) is 0 Å². The second-order valence-electron chi connectivity index (χ2n) is 4.95. The molecule has 0 aromatic carbocycles. The van der Waals surface area contributed by atoms with Gasteiger partial charge in [-0.05, 0) is 13.8 Å². The summed E-state index contributed by atoms with van der Waals surface area (Å²) in [6.07, 6.45) is -0.432. The predicted octanol–water partition coefficient (Wildman–Crippen LogP) is 0.811. The second-order valence-corrected chi connectivity index (χ2v) is 8.17. The molecule has 0 heterocycles. The van der Waals surface area contributed by atoms with Crippen LogP contribution in [0.15, 0.2) is 0 Å². The molecule has 0 aliphatic rings. The monoisotopic (exact) mass is 340 g/mol. The maximum atomic E-state index is 9.10. The lowest BCUT2D eigenvalue weighted by molar-refractivity contribution is -0.0580. The lowest BCUT2D eigenvalue weighted by Gasteiger charge is -2.32. The molecule has 134 valence electrons. The molecule has 0 spiro atoms. The zero-order chi connectivity index (χ0) is 16.8. The molecule has 0 bridgehead atoms. The molecule has 7 nitrogen and oxygen atoms in total. The van der Waals surface area contributed by atoms with Crippen molar-refractivity contribution in [3.8, 4) is 0 Å². The molecule has 0 aromatic rings. The molecule has 0 aromatic heterocycles. The second kappa shape index (κ2) is 13.4. The van der Waals surface area contributed by atoms with Crippen LogP contribution < -0.4 is 0 Å². The molecule has 0 saturated heterocycles. The zero-order valence-electron chi connectivity index (χ0n) is 14.2. The molecule has 0 radical (unpaired) electrons. The highest BCUT2D eigenvalue weighted by atomic mass is 28.4. The van der Waals surface area contributed by atoms with Gasteiger partial charge in [-0.2, -0.15) is 0 Å². The summed E-state index contributed by atoms with van der Waals surface area (Å²) in [6.45, 7) is 9.94. The number of aliphatic hydroxyl groups excluding tert-OH is 2. The van der Waals surface area contributed by atoms with Gasteiger partial charge in [-0.25, -0.2) is 0 Å². The Balaban J connectivity index is 4.11. The van der Waals surface area contributed by atoms with Crippen LogP contribution in [0.2, 0.25) is 5.54 Å². The highest BCUT2D eigenvalue weighted by Gasteiger charge is 2.44. The minimum absolute atomic E-state index is 0.0785. The van der Waals surface area contributed by atoms with Gasteiger partial charge >= 0.3 is 8.80 Å². The fraction of sp³-hybridized carbons (Fsp3) is 1.00. The predicted molar refractivity (Wildman–Crippen MR) is 84.8 cm³/mol. The normalized spacial score (nSPS) is 13.8. The molecule has 0 aliphatic heterocycles. The molecule has 0 saturated carbocycles. The van der Waals surface area contributed by atoms with E-state index in [1.54, 1.807) is 0 Å². The maximum absolute atomic E-state index is 9.10. The van der Waals surface area contributed by atoms with Crippen molar-refractivity contribution in [3.63, 3.8) is 0 Å². The summed E-state index contributed by atoms with van der Waals surface area (Å²) in [7, 11) is -2.67. The number of hydrogen-bond donors (Lipinski definition) is 2. The first kappa shape index (κ1) is 21.9. The minimum atomic E-state index is -2.67. The van der Waals surface area contributed by atoms with Gasteiger partial charge in [0, 0.05) is 18.8 Å². The van der Waals surface area contributed by atoms with Crippen LogP contribution in [0.5, 0.6) is 0 Å². The van der Waals surface area contributed by atoms with Crippen molar-refractivity contribution < 1.29 is 33.0 Å². The smallest absolute Gasteiger partial charge is 0.394 e. The van der Waals surface area contributed by atoms with Crippen LogP contribution in [0.3, 0.4) is 0 Å². The molecular weight excluding hydrogens is 308 g/mol. The Morgan fingerprint density at radius 1 is 0.909 bits per heavy atom. The molecule has 1 unspecified atom stereocenters. The lowest BCUT2D eigenvalue weighted by Crippen LogP contribution is -2.49. The topological polar surface area (TPSA) is 86.6 Å². The van der Waals surface area contributed by atoms with Crippen molar-refractivity contribution in [2.24, 2.45) is 0 Å². The summed E-state index contributed by atoms with van der Waals surface area (Å²) >= 11 is 0. The quantitative estimate of drug-likeness (QED) is 0.337. The SMILES string of the molecule is CCO[Si](OCC)(OCCOCC(CO)OCCO)C(C)C. The minimum Gasteiger partial charge on any atom is -0.394 e. The molecular formula is C14H32O7Si. The van der Waals surface area contributed by atoms with Gasteiger partial charge < -0.3 is 33.0 Å². The van der Waals surface area contributed by atoms with E-state index in [0.717, 1.165) is 0 Å². The molecule has 1 atom stereocenters. The number of hydrogen-bond acceptors (Lipinski definition) is 7. The van der Waals surface area contributed by atoms with E-state index in [1.807, 2.05) is 27.7 Å². The fourth-order valence-corrected chi connectivity index (χ4v) is 4.28. The van der Waals surface area contributed by atoms with Crippen LogP contribution in [0, 0.1) is 0 Å². The van der Waals surface area contributed by atoms with E-state index in [0.29, 0.717) is 26.4 Å². The van der Waals surface area contributed by atoms with Gasteiger partial charge in [0.05, 0.1) is 39.6 Å². The molecule has 22 heavy (non-hydrogen) atoms. The summed E-state index contributed by atoms with van der Waals surface area (Å²) in [5.74, 6) is 0. The molecule has 0 rings (SSSR count). The Morgan fingerprint density at radius 2 is 1.55 bits per heavy atom. The third-order valence-electron chi connectivity index (χ3n) is 2.88. The zero-order valence-corrected chi connectivity index (χ0v) is 15.2. The van der Waals surface area contributed by atoms with Crippen molar-refractivity contribution in [1.29, 1.82) is 0 Å². The Labute approximate surface area is 134 Å². The lowest BCUT2D eigenvalue weighted by atomic mass is 10.4. The first-order valence-corrected chi connectivity index (χ1v) is 9.69. The standard InChI is InChI=1S/C14H32O7Si/c1-5-19-22(13(3)4,20-6-2)21-10-9-17-12-14(11-16)18-8-7-15/h13-16H,5-12H2,1-4H3. The van der Waals surface area contributed by atoms with Crippen molar-refractivity contribution in [2.45, 2.75) is 39.3 Å². The van der Waals surface area contributed by atoms with Gasteiger partial charge in [0.15, 0.2) is 0 Å². The summed E-state index contributed by atoms with van der Waals surface area (Å²) in [6, 6.07) is 0. The fourth-order valence-electron chi connectivity index (χ4n) is 1.86. The molecule has 2 N–H and O–H groups in total. The van der Waals surface area contributed by atoms with Crippen LogP contribution >= 0.6 is 0 Å². The van der Waals surface area contributed by atoms with Crippen LogP contribution in [0.4, 0.5) is 0 Å². The van der Waals surface area contributed by atoms with Gasteiger partial charge in [0.1, 0.15) is 6.10 Å². The molecule has 0 fully saturated rings. The average molecular weight is 340 g/mol. The van der Waals surface area contributed by atoms with Crippen molar-refractivity contribution in [2.75, 3.05) is 52.9 Å². The van der Waals surface area contributed by atoms with E-state index in [-0.39, 0.29) is 32.0 Å². The highest BCUT2D eigenvalue weighted by molar-refractivity contribution is 6.62. The van der Waals surface area contributed by atoms with E-state index in [9.17, 15) is 0 Å². The largest absolute Gasteiger partial charge is 0.503 e. The van der Waals surface area contributed by atoms with Gasteiger partial charge in [-0.15, -0.1) is 0 Å². The molecule has 0 aliphatic carbocycles. The van der Waals surface area contributed by atoms with Crippen molar-refractivity contribution in [3.05, 3.63) is 0 Å². The number of ether oxygens (including phenoxy) is 2. The van der Waals surface area contributed by atoms with Crippen molar-refractivity contribution in [1.82, 2.24) is 0 Å². The third-order valence-corrected chi connectivity index (χ3v) is 6.28. The van der Waals surface area contributed by atoms with Gasteiger partial charge in [0.2, 0.25) is 0 Å². The first-order chi connectivity index (χ1) is 10.6. The number of rotatable bonds is 15. The highest BCUT2D eigenvalue weighted by Crippen LogP contribution is 2.24. The number of aliphatic hydroxyl groups is 2. The van der Waals surface area contributed by atoms with Gasteiger partial charge in [0.25, 0.3) is 0 Å². The maximum Gasteiger partial charge on any atom is 0.503 e. The Bertz CT molecular complexity index is 247. The van der Waals surface area contributed by atoms with Gasteiger partial charge in [-0.1, -0.05) is 13.8 Å². The van der Waals surface area contributed by atoms with Gasteiger partial charge in [-0.3, -0.25) is 0 Å². The van der Waals surface area contributed by atoms with E-state index in [2.05, 4.69) is 0 Å². The Kier molecular flexibility index (Phi) is 13.3. The van der Waals surface area contributed by atoms with Crippen LogP contribution in [-0.2, 0) is 22.8 Å². The summed E-state index contributed by atoms with van der Waals surface area (Å²) in [4.78, 5) is 0. The molecule has 8 heteroatoms. The summed E-state index contributed by atoms with van der Waals surface area (Å²) in [5, 5.41) is 17.8. The molecule has 0 amide bonds. The average Bonchev–Trinajstić information content (AvgIpc) is 2.50. The first-order valence-electron chi connectivity index (χ1n) is 7.89. The van der Waals surface area contributed by atoms with E-state index >= 15 is 0 Å². The van der Waals surface area contributed by atoms with E-state index in [4.69, 9.17) is 33.0 Å². The Morgan fingerprint density at radius 3 is 2.00 bits per heavy atom. The summed E-state index contributed by atoms with van der Waals surface area (Å²) in [5.41, 5.74) is 0.172. The van der Waals surface area contributed by atoms with E-state index < -0.39 is 14.9 Å². The van der Waals surface area contributed by atoms with Crippen molar-refractivity contribution >= 4 is 8.80 Å². The summed E-state index contributed by atoms with van der Waals surface area (Å²) < 4.78 is 28.1. The van der Waals surface area contributed by atoms with Crippen LogP contribution in [-0.4, -0.2) is 78.0 Å².